The van der Waals surface area contributed by atoms with E-state index in [9.17, 15) is 9.90 Å². The van der Waals surface area contributed by atoms with Crippen molar-refractivity contribution in [2.45, 2.75) is 51.4 Å². The number of nitrogens with zero attached hydrogens (tertiary/aromatic N) is 2. The van der Waals surface area contributed by atoms with Gasteiger partial charge in [-0.25, -0.2) is 9.97 Å². The number of aryl methyl sites for hydroxylation is 2. The summed E-state index contributed by atoms with van der Waals surface area (Å²) in [6.07, 6.45) is 9.75. The van der Waals surface area contributed by atoms with E-state index in [-0.39, 0.29) is 11.7 Å². The van der Waals surface area contributed by atoms with Crippen molar-refractivity contribution in [3.05, 3.63) is 72.1 Å². The van der Waals surface area contributed by atoms with Gasteiger partial charge < -0.3 is 10.4 Å². The quantitative estimate of drug-likeness (QED) is 0.531. The number of phenolic OH excluding ortho intramolecular Hbond substituents is 1. The molecule has 160 valence electrons. The van der Waals surface area contributed by atoms with E-state index >= 15 is 0 Å². The Hall–Kier alpha value is -3.21. The van der Waals surface area contributed by atoms with Gasteiger partial charge in [0.15, 0.2) is 5.82 Å². The zero-order chi connectivity index (χ0) is 21.5. The lowest BCUT2D eigenvalue weighted by molar-refractivity contribution is -0.117. The molecular formula is C26H29N3O2. The maximum Gasteiger partial charge on any atom is 0.225 e. The predicted octanol–water partition coefficient (Wildman–Crippen LogP) is 5.54. The first-order valence-electron chi connectivity index (χ1n) is 11.2. The Kier molecular flexibility index (Phi) is 6.92. The van der Waals surface area contributed by atoms with E-state index < -0.39 is 0 Å². The molecule has 0 bridgehead atoms. The third-order valence-corrected chi connectivity index (χ3v) is 5.96. The van der Waals surface area contributed by atoms with Gasteiger partial charge in [0.2, 0.25) is 5.91 Å². The number of aromatic nitrogens is 2. The molecule has 5 heteroatoms. The molecule has 1 aliphatic carbocycles. The topological polar surface area (TPSA) is 75.1 Å². The standard InChI is InChI=1S/C26H29N3O2/c30-22-14-12-21(13-15-22)24-18-27-26(29-25(31)17-20-9-5-2-6-10-20)23(28-24)16-11-19-7-3-1-4-8-19/h1,3-4,7-8,12-15,18,20,30H,2,5-6,9-11,16-17H2,(H,27,29,31). The summed E-state index contributed by atoms with van der Waals surface area (Å²) in [5, 5.41) is 12.6. The van der Waals surface area contributed by atoms with Crippen molar-refractivity contribution in [1.29, 1.82) is 0 Å². The molecule has 0 spiro atoms. The Morgan fingerprint density at radius 1 is 0.968 bits per heavy atom. The highest BCUT2D eigenvalue weighted by molar-refractivity contribution is 5.90. The summed E-state index contributed by atoms with van der Waals surface area (Å²) in [5.74, 6) is 1.28. The van der Waals surface area contributed by atoms with Gasteiger partial charge in [0.05, 0.1) is 17.6 Å². The van der Waals surface area contributed by atoms with Gasteiger partial charge in [0, 0.05) is 12.0 Å². The maximum absolute atomic E-state index is 12.7. The van der Waals surface area contributed by atoms with Crippen LogP contribution >= 0.6 is 0 Å². The van der Waals surface area contributed by atoms with Gasteiger partial charge in [0.25, 0.3) is 0 Å². The number of anilines is 1. The van der Waals surface area contributed by atoms with E-state index in [2.05, 4.69) is 22.4 Å². The number of amides is 1. The van der Waals surface area contributed by atoms with Gasteiger partial charge >= 0.3 is 0 Å². The highest BCUT2D eigenvalue weighted by Gasteiger charge is 2.19. The van der Waals surface area contributed by atoms with Gasteiger partial charge in [-0.05, 0) is 61.4 Å². The molecule has 0 radical (unpaired) electrons. The van der Waals surface area contributed by atoms with Crippen LogP contribution in [-0.2, 0) is 17.6 Å². The molecule has 1 fully saturated rings. The van der Waals surface area contributed by atoms with Gasteiger partial charge in [-0.3, -0.25) is 4.79 Å². The summed E-state index contributed by atoms with van der Waals surface area (Å²) in [6, 6.07) is 17.2. The minimum Gasteiger partial charge on any atom is -0.508 e. The number of carbonyl (C=O) groups is 1. The third kappa shape index (κ3) is 5.91. The molecule has 5 nitrogen and oxygen atoms in total. The number of carbonyl (C=O) groups excluding carboxylic acids is 1. The van der Waals surface area contributed by atoms with E-state index in [0.717, 1.165) is 36.2 Å². The van der Waals surface area contributed by atoms with Crippen molar-refractivity contribution in [2.24, 2.45) is 5.92 Å². The summed E-state index contributed by atoms with van der Waals surface area (Å²) in [5.41, 5.74) is 3.62. The number of hydrogen-bond donors (Lipinski definition) is 2. The van der Waals surface area contributed by atoms with Gasteiger partial charge in [-0.2, -0.15) is 0 Å². The summed E-state index contributed by atoms with van der Waals surface area (Å²) in [7, 11) is 0. The molecule has 0 atom stereocenters. The molecule has 2 N–H and O–H groups in total. The smallest absolute Gasteiger partial charge is 0.225 e. The number of rotatable bonds is 7. The summed E-state index contributed by atoms with van der Waals surface area (Å²) in [6.45, 7) is 0. The molecule has 1 aromatic heterocycles. The zero-order valence-corrected chi connectivity index (χ0v) is 17.8. The van der Waals surface area contributed by atoms with Crippen molar-refractivity contribution >= 4 is 11.7 Å². The molecule has 2 aromatic carbocycles. The fourth-order valence-corrected chi connectivity index (χ4v) is 4.22. The second-order valence-corrected chi connectivity index (χ2v) is 8.34. The average Bonchev–Trinajstić information content (AvgIpc) is 2.80. The zero-order valence-electron chi connectivity index (χ0n) is 17.8. The van der Waals surface area contributed by atoms with Crippen LogP contribution in [-0.4, -0.2) is 21.0 Å². The predicted molar refractivity (Wildman–Crippen MR) is 123 cm³/mol. The van der Waals surface area contributed by atoms with Crippen LogP contribution in [0.4, 0.5) is 5.82 Å². The number of benzene rings is 2. The van der Waals surface area contributed by atoms with Crippen molar-refractivity contribution in [2.75, 3.05) is 5.32 Å². The molecule has 1 aliphatic rings. The lowest BCUT2D eigenvalue weighted by Crippen LogP contribution is -2.20. The SMILES string of the molecule is O=C(CC1CCCCC1)Nc1ncc(-c2ccc(O)cc2)nc1CCc1ccccc1. The molecule has 1 saturated carbocycles. The Bertz CT molecular complexity index is 997. The molecule has 3 aromatic rings. The minimum atomic E-state index is 0.0274. The first kappa shape index (κ1) is 21.0. The molecule has 0 aliphatic heterocycles. The summed E-state index contributed by atoms with van der Waals surface area (Å²) < 4.78 is 0. The Morgan fingerprint density at radius 3 is 2.45 bits per heavy atom. The maximum atomic E-state index is 12.7. The molecule has 4 rings (SSSR count). The lowest BCUT2D eigenvalue weighted by atomic mass is 9.87. The number of phenols is 1. The number of aromatic hydroxyl groups is 1. The van der Waals surface area contributed by atoms with E-state index in [1.54, 1.807) is 18.3 Å². The van der Waals surface area contributed by atoms with Crippen LogP contribution in [0.1, 0.15) is 49.8 Å². The Morgan fingerprint density at radius 2 is 1.71 bits per heavy atom. The van der Waals surface area contributed by atoms with Crippen molar-refractivity contribution in [1.82, 2.24) is 9.97 Å². The van der Waals surface area contributed by atoms with Crippen molar-refractivity contribution < 1.29 is 9.90 Å². The average molecular weight is 416 g/mol. The van der Waals surface area contributed by atoms with Crippen LogP contribution in [0.3, 0.4) is 0 Å². The fraction of sp³-hybridized carbons (Fsp3) is 0.346. The van der Waals surface area contributed by atoms with Gasteiger partial charge in [-0.1, -0.05) is 49.6 Å². The summed E-state index contributed by atoms with van der Waals surface area (Å²) >= 11 is 0. The second-order valence-electron chi connectivity index (χ2n) is 8.34. The van der Waals surface area contributed by atoms with E-state index in [0.29, 0.717) is 24.6 Å². The normalized spacial score (nSPS) is 14.3. The van der Waals surface area contributed by atoms with Crippen molar-refractivity contribution in [3.8, 4) is 17.0 Å². The molecule has 1 amide bonds. The lowest BCUT2D eigenvalue weighted by Gasteiger charge is -2.21. The van der Waals surface area contributed by atoms with Crippen LogP contribution in [0.15, 0.2) is 60.8 Å². The molecule has 1 heterocycles. The monoisotopic (exact) mass is 415 g/mol. The van der Waals surface area contributed by atoms with E-state index in [1.807, 2.05) is 30.3 Å². The highest BCUT2D eigenvalue weighted by atomic mass is 16.3. The Balaban J connectivity index is 1.53. The summed E-state index contributed by atoms with van der Waals surface area (Å²) in [4.78, 5) is 22.1. The first-order valence-corrected chi connectivity index (χ1v) is 11.2. The second kappa shape index (κ2) is 10.2. The first-order chi connectivity index (χ1) is 15.2. The van der Waals surface area contributed by atoms with E-state index in [4.69, 9.17) is 4.98 Å². The number of hydrogen-bond acceptors (Lipinski definition) is 4. The van der Waals surface area contributed by atoms with Crippen LogP contribution in [0, 0.1) is 5.92 Å². The molecule has 31 heavy (non-hydrogen) atoms. The van der Waals surface area contributed by atoms with Crippen molar-refractivity contribution in [3.63, 3.8) is 0 Å². The molecule has 0 unspecified atom stereocenters. The molecule has 0 saturated heterocycles. The number of nitrogens with one attached hydrogen (secondary N) is 1. The molecular weight excluding hydrogens is 386 g/mol. The van der Waals surface area contributed by atoms with Crippen LogP contribution in [0.5, 0.6) is 5.75 Å². The fourth-order valence-electron chi connectivity index (χ4n) is 4.22. The van der Waals surface area contributed by atoms with Crippen LogP contribution in [0.2, 0.25) is 0 Å². The largest absolute Gasteiger partial charge is 0.508 e. The third-order valence-electron chi connectivity index (χ3n) is 5.96. The van der Waals surface area contributed by atoms with Crippen LogP contribution < -0.4 is 5.32 Å². The Labute approximate surface area is 183 Å². The highest BCUT2D eigenvalue weighted by Crippen LogP contribution is 2.27. The van der Waals surface area contributed by atoms with Gasteiger partial charge in [-0.15, -0.1) is 0 Å². The van der Waals surface area contributed by atoms with E-state index in [1.165, 1.54) is 24.8 Å². The minimum absolute atomic E-state index is 0.0274. The van der Waals surface area contributed by atoms with Gasteiger partial charge in [0.1, 0.15) is 5.75 Å². The van der Waals surface area contributed by atoms with Crippen LogP contribution in [0.25, 0.3) is 11.3 Å².